The summed E-state index contributed by atoms with van der Waals surface area (Å²) >= 11 is 0. The maximum Gasteiger partial charge on any atom is 0.253 e. The second-order valence-electron chi connectivity index (χ2n) is 4.05. The molecule has 1 aromatic heterocycles. The number of carbonyl (C=O) groups excluding carboxylic acids is 1. The van der Waals surface area contributed by atoms with Gasteiger partial charge in [0.2, 0.25) is 0 Å². The van der Waals surface area contributed by atoms with E-state index in [9.17, 15) is 4.79 Å². The Balaban J connectivity index is 1.90. The van der Waals surface area contributed by atoms with Gasteiger partial charge in [-0.15, -0.1) is 0 Å². The van der Waals surface area contributed by atoms with E-state index >= 15 is 0 Å². The van der Waals surface area contributed by atoms with Gasteiger partial charge in [0.15, 0.2) is 0 Å². The molecule has 1 aromatic rings. The number of rotatable bonds is 5. The van der Waals surface area contributed by atoms with E-state index in [4.69, 9.17) is 5.84 Å². The lowest BCUT2D eigenvalue weighted by Crippen LogP contribution is -2.26. The number of amides is 1. The minimum absolute atomic E-state index is 0.101. The van der Waals surface area contributed by atoms with Gasteiger partial charge in [0.05, 0.1) is 17.4 Å². The van der Waals surface area contributed by atoms with Crippen molar-refractivity contribution in [3.8, 4) is 0 Å². The Bertz CT molecular complexity index is 376. The van der Waals surface area contributed by atoms with E-state index in [1.54, 1.807) is 12.3 Å². The molecule has 0 unspecified atom stereocenters. The Morgan fingerprint density at radius 2 is 2.38 bits per heavy atom. The number of hydrogen-bond donors (Lipinski definition) is 3. The van der Waals surface area contributed by atoms with Crippen molar-refractivity contribution in [2.75, 3.05) is 12.0 Å². The van der Waals surface area contributed by atoms with Gasteiger partial charge in [-0.25, -0.2) is 0 Å². The fourth-order valence-corrected chi connectivity index (χ4v) is 1.60. The van der Waals surface area contributed by atoms with Crippen LogP contribution in [0.2, 0.25) is 0 Å². The smallest absolute Gasteiger partial charge is 0.253 e. The van der Waals surface area contributed by atoms with Gasteiger partial charge in [-0.3, -0.25) is 15.6 Å². The van der Waals surface area contributed by atoms with Crippen molar-refractivity contribution in [3.05, 3.63) is 24.0 Å². The maximum absolute atomic E-state index is 11.8. The Labute approximate surface area is 94.4 Å². The van der Waals surface area contributed by atoms with Crippen LogP contribution < -0.4 is 16.6 Å². The molecule has 0 atom stereocenters. The molecule has 0 bridgehead atoms. The topological polar surface area (TPSA) is 80.0 Å². The zero-order chi connectivity index (χ0) is 11.4. The molecule has 1 aliphatic carbocycles. The molecule has 0 aliphatic heterocycles. The molecule has 5 heteroatoms. The average Bonchev–Trinajstić information content (AvgIpc) is 3.13. The molecule has 2 rings (SSSR count). The number of nitrogens with zero attached hydrogens (tertiary/aromatic N) is 1. The number of hydrazine groups is 1. The molecule has 1 amide bonds. The summed E-state index contributed by atoms with van der Waals surface area (Å²) in [6, 6.07) is 1.65. The summed E-state index contributed by atoms with van der Waals surface area (Å²) in [4.78, 5) is 15.7. The van der Waals surface area contributed by atoms with E-state index in [0.29, 0.717) is 11.3 Å². The van der Waals surface area contributed by atoms with Crippen molar-refractivity contribution in [2.24, 2.45) is 11.8 Å². The zero-order valence-corrected chi connectivity index (χ0v) is 9.07. The molecule has 0 aromatic carbocycles. The number of anilines is 1. The molecule has 1 saturated carbocycles. The molecular formula is C11H16N4O. The first-order valence-corrected chi connectivity index (χ1v) is 5.50. The number of hydrogen-bond acceptors (Lipinski definition) is 4. The lowest BCUT2D eigenvalue weighted by molar-refractivity contribution is 0.0953. The summed E-state index contributed by atoms with van der Waals surface area (Å²) < 4.78 is 0. The molecule has 1 aliphatic rings. The molecule has 4 N–H and O–H groups in total. The van der Waals surface area contributed by atoms with Crippen molar-refractivity contribution in [1.82, 2.24) is 10.3 Å². The number of nitrogens with two attached hydrogens (primary N) is 1. The first-order chi connectivity index (χ1) is 7.81. The van der Waals surface area contributed by atoms with Crippen LogP contribution in [0.25, 0.3) is 0 Å². The lowest BCUT2D eigenvalue weighted by atomic mass is 10.2. The minimum Gasteiger partial charge on any atom is -0.352 e. The van der Waals surface area contributed by atoms with Crippen molar-refractivity contribution < 1.29 is 4.79 Å². The summed E-state index contributed by atoms with van der Waals surface area (Å²) in [7, 11) is 0. The average molecular weight is 220 g/mol. The monoisotopic (exact) mass is 220 g/mol. The number of aromatic nitrogens is 1. The van der Waals surface area contributed by atoms with E-state index in [-0.39, 0.29) is 5.91 Å². The molecule has 16 heavy (non-hydrogen) atoms. The highest BCUT2D eigenvalue weighted by molar-refractivity contribution is 5.99. The van der Waals surface area contributed by atoms with Crippen LogP contribution in [0.1, 0.15) is 29.6 Å². The van der Waals surface area contributed by atoms with Gasteiger partial charge in [-0.1, -0.05) is 12.8 Å². The van der Waals surface area contributed by atoms with Crippen LogP contribution in [-0.2, 0) is 0 Å². The summed E-state index contributed by atoms with van der Waals surface area (Å²) in [5.41, 5.74) is 3.55. The predicted octanol–water partition coefficient (Wildman–Crippen LogP) is 0.897. The largest absolute Gasteiger partial charge is 0.352 e. The van der Waals surface area contributed by atoms with E-state index in [1.165, 1.54) is 19.0 Å². The molecule has 1 fully saturated rings. The molecule has 0 spiro atoms. The maximum atomic E-state index is 11.8. The highest BCUT2D eigenvalue weighted by Gasteiger charge is 2.20. The van der Waals surface area contributed by atoms with Crippen molar-refractivity contribution in [3.63, 3.8) is 0 Å². The lowest BCUT2D eigenvalue weighted by Gasteiger charge is -2.08. The number of nitrogen functional groups attached to an aromatic ring is 1. The predicted molar refractivity (Wildman–Crippen MR) is 61.7 cm³/mol. The first kappa shape index (κ1) is 10.9. The summed E-state index contributed by atoms with van der Waals surface area (Å²) in [5.74, 6) is 6.03. The molecule has 0 saturated heterocycles. The minimum atomic E-state index is -0.101. The van der Waals surface area contributed by atoms with Crippen molar-refractivity contribution in [2.45, 2.75) is 19.3 Å². The first-order valence-electron chi connectivity index (χ1n) is 5.50. The molecule has 1 heterocycles. The fourth-order valence-electron chi connectivity index (χ4n) is 1.60. The quantitative estimate of drug-likeness (QED) is 0.508. The second-order valence-corrected chi connectivity index (χ2v) is 4.05. The Kier molecular flexibility index (Phi) is 3.36. The highest BCUT2D eigenvalue weighted by atomic mass is 16.1. The third-order valence-corrected chi connectivity index (χ3v) is 2.76. The van der Waals surface area contributed by atoms with Gasteiger partial charge in [0.1, 0.15) is 0 Å². The molecular weight excluding hydrogens is 204 g/mol. The SMILES string of the molecule is NNc1cnccc1C(=O)NCCC1CC1. The van der Waals surface area contributed by atoms with Gasteiger partial charge >= 0.3 is 0 Å². The summed E-state index contributed by atoms with van der Waals surface area (Å²) in [5, 5.41) is 2.88. The van der Waals surface area contributed by atoms with E-state index in [0.717, 1.165) is 18.9 Å². The molecule has 0 radical (unpaired) electrons. The van der Waals surface area contributed by atoms with Crippen LogP contribution >= 0.6 is 0 Å². The standard InChI is InChI=1S/C11H16N4O/c12-15-10-7-13-5-4-9(10)11(16)14-6-3-8-1-2-8/h4-5,7-8,15H,1-3,6,12H2,(H,14,16). The normalized spacial score (nSPS) is 14.6. The van der Waals surface area contributed by atoms with Crippen molar-refractivity contribution >= 4 is 11.6 Å². The van der Waals surface area contributed by atoms with Crippen LogP contribution in [0.15, 0.2) is 18.5 Å². The van der Waals surface area contributed by atoms with Crippen LogP contribution in [0.4, 0.5) is 5.69 Å². The Morgan fingerprint density at radius 1 is 1.56 bits per heavy atom. The Hall–Kier alpha value is -1.62. The van der Waals surface area contributed by atoms with Crippen LogP contribution in [-0.4, -0.2) is 17.4 Å². The van der Waals surface area contributed by atoms with Gasteiger partial charge in [-0.05, 0) is 18.4 Å². The van der Waals surface area contributed by atoms with Gasteiger partial charge < -0.3 is 10.7 Å². The van der Waals surface area contributed by atoms with Crippen LogP contribution in [0.3, 0.4) is 0 Å². The van der Waals surface area contributed by atoms with Crippen LogP contribution in [0.5, 0.6) is 0 Å². The summed E-state index contributed by atoms with van der Waals surface area (Å²) in [6.07, 6.45) is 6.80. The van der Waals surface area contributed by atoms with E-state index in [2.05, 4.69) is 15.7 Å². The molecule has 86 valence electrons. The van der Waals surface area contributed by atoms with E-state index < -0.39 is 0 Å². The van der Waals surface area contributed by atoms with E-state index in [1.807, 2.05) is 0 Å². The Morgan fingerprint density at radius 3 is 3.06 bits per heavy atom. The van der Waals surface area contributed by atoms with Gasteiger partial charge in [0, 0.05) is 12.7 Å². The van der Waals surface area contributed by atoms with Crippen molar-refractivity contribution in [1.29, 1.82) is 0 Å². The fraction of sp³-hybridized carbons (Fsp3) is 0.455. The number of carbonyl (C=O) groups is 1. The zero-order valence-electron chi connectivity index (χ0n) is 9.07. The third-order valence-electron chi connectivity index (χ3n) is 2.76. The highest BCUT2D eigenvalue weighted by Crippen LogP contribution is 2.31. The van der Waals surface area contributed by atoms with Gasteiger partial charge in [-0.2, -0.15) is 0 Å². The van der Waals surface area contributed by atoms with Gasteiger partial charge in [0.25, 0.3) is 5.91 Å². The van der Waals surface area contributed by atoms with Crippen LogP contribution in [0, 0.1) is 5.92 Å². The second kappa shape index (κ2) is 4.94. The number of pyridine rings is 1. The number of nitrogens with one attached hydrogen (secondary N) is 2. The summed E-state index contributed by atoms with van der Waals surface area (Å²) in [6.45, 7) is 0.732. The third kappa shape index (κ3) is 2.70. The molecule has 5 nitrogen and oxygen atoms in total.